The first-order chi connectivity index (χ1) is 14.7. The van der Waals surface area contributed by atoms with Gasteiger partial charge in [0.15, 0.2) is 0 Å². The Labute approximate surface area is 179 Å². The number of nitrogens with two attached hydrogens (primary N) is 1. The molecule has 30 heavy (non-hydrogen) atoms. The maximum atomic E-state index is 9.71. The van der Waals surface area contributed by atoms with Crippen LogP contribution in [0.4, 0.5) is 5.82 Å². The highest BCUT2D eigenvalue weighted by molar-refractivity contribution is 5.84. The number of anilines is 1. The van der Waals surface area contributed by atoms with E-state index < -0.39 is 0 Å². The summed E-state index contributed by atoms with van der Waals surface area (Å²) in [4.78, 5) is 4.52. The fraction of sp³-hybridized carbons (Fsp3) is 0.308. The first-order valence-corrected chi connectivity index (χ1v) is 10.6. The van der Waals surface area contributed by atoms with Crippen molar-refractivity contribution in [3.8, 4) is 34.2 Å². The summed E-state index contributed by atoms with van der Waals surface area (Å²) >= 11 is 0. The fourth-order valence-corrected chi connectivity index (χ4v) is 3.66. The molecule has 0 aliphatic rings. The van der Waals surface area contributed by atoms with Gasteiger partial charge in [-0.3, -0.25) is 0 Å². The molecule has 3 aromatic rings. The van der Waals surface area contributed by atoms with Gasteiger partial charge < -0.3 is 10.5 Å². The van der Waals surface area contributed by atoms with Crippen LogP contribution in [0.1, 0.15) is 50.2 Å². The Kier molecular flexibility index (Phi) is 7.45. The Morgan fingerprint density at radius 1 is 0.933 bits per heavy atom. The van der Waals surface area contributed by atoms with Gasteiger partial charge in [-0.05, 0) is 36.6 Å². The summed E-state index contributed by atoms with van der Waals surface area (Å²) in [7, 11) is 0. The van der Waals surface area contributed by atoms with Gasteiger partial charge in [0.1, 0.15) is 23.2 Å². The van der Waals surface area contributed by atoms with Crippen LogP contribution in [0.15, 0.2) is 54.6 Å². The van der Waals surface area contributed by atoms with Crippen molar-refractivity contribution in [2.75, 3.05) is 12.3 Å². The van der Waals surface area contributed by atoms with Crippen molar-refractivity contribution >= 4 is 5.82 Å². The highest BCUT2D eigenvalue weighted by Crippen LogP contribution is 2.36. The first kappa shape index (κ1) is 21.4. The second kappa shape index (κ2) is 10.5. The predicted molar refractivity (Wildman–Crippen MR) is 123 cm³/mol. The van der Waals surface area contributed by atoms with Crippen molar-refractivity contribution in [1.82, 2.24) is 4.98 Å². The van der Waals surface area contributed by atoms with E-state index in [0.717, 1.165) is 46.7 Å². The Bertz CT molecular complexity index is 1010. The second-order valence-corrected chi connectivity index (χ2v) is 7.49. The van der Waals surface area contributed by atoms with E-state index in [1.54, 1.807) is 0 Å². The lowest BCUT2D eigenvalue weighted by Gasteiger charge is -2.15. The lowest BCUT2D eigenvalue weighted by Crippen LogP contribution is -2.03. The zero-order chi connectivity index (χ0) is 21.3. The number of aromatic nitrogens is 1. The quantitative estimate of drug-likeness (QED) is 0.415. The van der Waals surface area contributed by atoms with Crippen LogP contribution < -0.4 is 10.5 Å². The third-order valence-corrected chi connectivity index (χ3v) is 5.29. The van der Waals surface area contributed by atoms with Crippen molar-refractivity contribution in [3.05, 3.63) is 65.7 Å². The van der Waals surface area contributed by atoms with Crippen LogP contribution >= 0.6 is 0 Å². The van der Waals surface area contributed by atoms with Crippen molar-refractivity contribution in [3.63, 3.8) is 0 Å². The molecule has 0 atom stereocenters. The predicted octanol–water partition coefficient (Wildman–Crippen LogP) is 6.53. The number of nitrogens with zero attached hydrogens (tertiary/aromatic N) is 2. The summed E-state index contributed by atoms with van der Waals surface area (Å²) in [6, 6.07) is 20.0. The molecule has 0 fully saturated rings. The Morgan fingerprint density at radius 3 is 2.30 bits per heavy atom. The summed E-state index contributed by atoms with van der Waals surface area (Å²) in [5.41, 5.74) is 11.1. The summed E-state index contributed by atoms with van der Waals surface area (Å²) < 4.78 is 5.88. The van der Waals surface area contributed by atoms with Crippen molar-refractivity contribution in [1.29, 1.82) is 5.26 Å². The highest BCUT2D eigenvalue weighted by atomic mass is 16.5. The van der Waals surface area contributed by atoms with Crippen LogP contribution in [0.5, 0.6) is 5.75 Å². The molecule has 0 bridgehead atoms. The van der Waals surface area contributed by atoms with E-state index in [-0.39, 0.29) is 5.82 Å². The number of nitriles is 1. The van der Waals surface area contributed by atoms with E-state index in [0.29, 0.717) is 5.56 Å². The number of rotatable bonds is 9. The fourth-order valence-electron chi connectivity index (χ4n) is 3.66. The van der Waals surface area contributed by atoms with Crippen molar-refractivity contribution in [2.45, 2.75) is 46.0 Å². The largest absolute Gasteiger partial charge is 0.494 e. The average molecular weight is 400 g/mol. The van der Waals surface area contributed by atoms with Crippen LogP contribution in [-0.2, 0) is 0 Å². The molecule has 0 saturated carbocycles. The van der Waals surface area contributed by atoms with Crippen LogP contribution in [0, 0.1) is 18.3 Å². The van der Waals surface area contributed by atoms with E-state index in [9.17, 15) is 5.26 Å². The molecular formula is C26H29N3O. The zero-order valence-electron chi connectivity index (χ0n) is 17.8. The van der Waals surface area contributed by atoms with Gasteiger partial charge in [-0.25, -0.2) is 4.98 Å². The van der Waals surface area contributed by atoms with Gasteiger partial charge in [-0.1, -0.05) is 75.1 Å². The molecule has 3 rings (SSSR count). The normalized spacial score (nSPS) is 10.6. The highest BCUT2D eigenvalue weighted by Gasteiger charge is 2.18. The molecule has 1 heterocycles. The van der Waals surface area contributed by atoms with E-state index in [1.807, 2.05) is 61.5 Å². The first-order valence-electron chi connectivity index (χ1n) is 10.6. The minimum absolute atomic E-state index is 0.254. The van der Waals surface area contributed by atoms with Gasteiger partial charge in [0, 0.05) is 11.1 Å². The number of hydrogen-bond donors (Lipinski definition) is 1. The molecule has 0 unspecified atom stereocenters. The monoisotopic (exact) mass is 399 g/mol. The number of ether oxygens (including phenoxy) is 1. The van der Waals surface area contributed by atoms with Crippen LogP contribution in [0.3, 0.4) is 0 Å². The molecule has 0 amide bonds. The lowest BCUT2D eigenvalue weighted by atomic mass is 9.93. The molecule has 1 aromatic heterocycles. The number of benzene rings is 2. The number of unbranched alkanes of at least 4 members (excludes halogenated alkanes) is 4. The third kappa shape index (κ3) is 4.99. The van der Waals surface area contributed by atoms with E-state index in [4.69, 9.17) is 10.5 Å². The molecule has 2 N–H and O–H groups in total. The van der Waals surface area contributed by atoms with Crippen molar-refractivity contribution in [2.24, 2.45) is 0 Å². The van der Waals surface area contributed by atoms with Crippen LogP contribution in [0.25, 0.3) is 22.4 Å². The Hall–Kier alpha value is -3.32. The summed E-state index contributed by atoms with van der Waals surface area (Å²) in [6.45, 7) is 4.94. The number of hydrogen-bond acceptors (Lipinski definition) is 4. The van der Waals surface area contributed by atoms with Crippen LogP contribution in [0.2, 0.25) is 0 Å². The molecule has 0 radical (unpaired) electrons. The molecule has 2 aromatic carbocycles. The summed E-state index contributed by atoms with van der Waals surface area (Å²) in [6.07, 6.45) is 6.07. The van der Waals surface area contributed by atoms with E-state index in [2.05, 4.69) is 18.0 Å². The molecule has 154 valence electrons. The van der Waals surface area contributed by atoms with Gasteiger partial charge in [0.2, 0.25) is 0 Å². The summed E-state index contributed by atoms with van der Waals surface area (Å²) in [5.74, 6) is 1.10. The lowest BCUT2D eigenvalue weighted by molar-refractivity contribution is 0.304. The van der Waals surface area contributed by atoms with Gasteiger partial charge in [0.25, 0.3) is 0 Å². The van der Waals surface area contributed by atoms with Gasteiger partial charge in [0.05, 0.1) is 12.3 Å². The van der Waals surface area contributed by atoms with Gasteiger partial charge >= 0.3 is 0 Å². The topological polar surface area (TPSA) is 71.9 Å². The molecule has 0 saturated heterocycles. The Balaban J connectivity index is 1.84. The molecule has 4 heteroatoms. The third-order valence-electron chi connectivity index (χ3n) is 5.29. The van der Waals surface area contributed by atoms with Gasteiger partial charge in [-0.2, -0.15) is 5.26 Å². The van der Waals surface area contributed by atoms with Gasteiger partial charge in [-0.15, -0.1) is 0 Å². The minimum Gasteiger partial charge on any atom is -0.494 e. The Morgan fingerprint density at radius 2 is 1.63 bits per heavy atom. The summed E-state index contributed by atoms with van der Waals surface area (Å²) in [5, 5.41) is 9.71. The number of pyridine rings is 1. The minimum atomic E-state index is 0.254. The van der Waals surface area contributed by atoms with E-state index >= 15 is 0 Å². The average Bonchev–Trinajstić information content (AvgIpc) is 2.78. The second-order valence-electron chi connectivity index (χ2n) is 7.49. The SMILES string of the molecule is CCCCCCCOc1ccc(-c2c(C)c(-c3ccccc3)nc(N)c2C#N)cc1. The molecule has 0 spiro atoms. The molecular weight excluding hydrogens is 370 g/mol. The van der Waals surface area contributed by atoms with E-state index in [1.165, 1.54) is 25.7 Å². The smallest absolute Gasteiger partial charge is 0.142 e. The molecule has 0 aliphatic carbocycles. The molecule has 4 nitrogen and oxygen atoms in total. The van der Waals surface area contributed by atoms with Crippen LogP contribution in [-0.4, -0.2) is 11.6 Å². The number of nitrogen functional groups attached to an aromatic ring is 1. The maximum Gasteiger partial charge on any atom is 0.142 e. The van der Waals surface area contributed by atoms with Crippen molar-refractivity contribution < 1.29 is 4.74 Å². The zero-order valence-corrected chi connectivity index (χ0v) is 17.8. The maximum absolute atomic E-state index is 9.71. The molecule has 0 aliphatic heterocycles. The standard InChI is InChI=1S/C26H29N3O/c1-3-4-5-6-10-17-30-22-15-13-20(14-16-22)24-19(2)25(21-11-8-7-9-12-21)29-26(28)23(24)18-27/h7-9,11-16H,3-6,10,17H2,1-2H3,(H2,28,29).